The van der Waals surface area contributed by atoms with E-state index in [4.69, 9.17) is 10.5 Å². The number of hydrogen-bond donors (Lipinski definition) is 3. The Kier molecular flexibility index (Phi) is 10.6. The summed E-state index contributed by atoms with van der Waals surface area (Å²) in [6, 6.07) is 1.54. The van der Waals surface area contributed by atoms with Crippen molar-refractivity contribution < 1.29 is 14.3 Å². The highest BCUT2D eigenvalue weighted by molar-refractivity contribution is 5.78. The van der Waals surface area contributed by atoms with Crippen LogP contribution in [0.25, 0.3) is 0 Å². The van der Waals surface area contributed by atoms with E-state index in [9.17, 15) is 14.4 Å². The number of amides is 2. The third-order valence-corrected chi connectivity index (χ3v) is 5.45. The first-order valence-electron chi connectivity index (χ1n) is 10.8. The number of nitrogens with one attached hydrogen (secondary N) is 2. The topological polar surface area (TPSA) is 115 Å². The van der Waals surface area contributed by atoms with Crippen LogP contribution in [0.3, 0.4) is 0 Å². The van der Waals surface area contributed by atoms with E-state index in [2.05, 4.69) is 17.6 Å². The highest BCUT2D eigenvalue weighted by Crippen LogP contribution is 2.18. The van der Waals surface area contributed by atoms with Gasteiger partial charge in [-0.2, -0.15) is 0 Å². The summed E-state index contributed by atoms with van der Waals surface area (Å²) in [5.41, 5.74) is 6.24. The third kappa shape index (κ3) is 7.82. The molecule has 1 atom stereocenters. The van der Waals surface area contributed by atoms with Crippen molar-refractivity contribution in [2.24, 2.45) is 12.8 Å². The molecule has 1 aromatic rings. The minimum atomic E-state index is -0.464. The zero-order valence-corrected chi connectivity index (χ0v) is 19.1. The molecular weight excluding hydrogens is 384 g/mol. The first-order valence-corrected chi connectivity index (χ1v) is 10.8. The monoisotopic (exact) mass is 422 g/mol. The minimum absolute atomic E-state index is 0.106. The van der Waals surface area contributed by atoms with Gasteiger partial charge in [0, 0.05) is 43.7 Å². The zero-order chi connectivity index (χ0) is 22.7. The van der Waals surface area contributed by atoms with Gasteiger partial charge in [0.25, 0.3) is 0 Å². The summed E-state index contributed by atoms with van der Waals surface area (Å²) in [6.07, 6.45) is 3.57. The second-order valence-electron chi connectivity index (χ2n) is 7.96. The molecule has 1 aromatic heterocycles. The molecule has 0 saturated carbocycles. The average molecular weight is 423 g/mol. The predicted molar refractivity (Wildman–Crippen MR) is 118 cm³/mol. The van der Waals surface area contributed by atoms with Crippen molar-refractivity contribution in [2.75, 3.05) is 13.2 Å². The molecule has 0 fully saturated rings. The highest BCUT2D eigenvalue weighted by Gasteiger charge is 2.25. The molecule has 8 heteroatoms. The van der Waals surface area contributed by atoms with Gasteiger partial charge in [-0.15, -0.1) is 0 Å². The van der Waals surface area contributed by atoms with Crippen LogP contribution in [0, 0.1) is 6.92 Å². The highest BCUT2D eigenvalue weighted by atomic mass is 16.5. The number of rotatable bonds is 13. The van der Waals surface area contributed by atoms with E-state index in [1.54, 1.807) is 6.07 Å². The zero-order valence-electron chi connectivity index (χ0n) is 19.1. The van der Waals surface area contributed by atoms with E-state index < -0.39 is 5.54 Å². The first kappa shape index (κ1) is 25.7. The lowest BCUT2D eigenvalue weighted by molar-refractivity contribution is -0.124. The smallest absolute Gasteiger partial charge is 0.224 e. The lowest BCUT2D eigenvalue weighted by atomic mass is 9.92. The SMILES string of the molecule is CCCCOc1c(CNC(=O)CCC(C)(CC)NC(=O)CCN)n(C)c(C)cc1=O. The maximum absolute atomic E-state index is 12.5. The Morgan fingerprint density at radius 1 is 1.23 bits per heavy atom. The van der Waals surface area contributed by atoms with E-state index in [1.807, 2.05) is 32.4 Å². The van der Waals surface area contributed by atoms with Gasteiger partial charge < -0.3 is 25.7 Å². The van der Waals surface area contributed by atoms with E-state index in [-0.39, 0.29) is 36.6 Å². The van der Waals surface area contributed by atoms with Crippen molar-refractivity contribution in [3.05, 3.63) is 27.7 Å². The molecule has 0 aliphatic carbocycles. The molecule has 1 rings (SSSR count). The number of aromatic nitrogens is 1. The molecule has 0 aromatic carbocycles. The van der Waals surface area contributed by atoms with E-state index >= 15 is 0 Å². The quantitative estimate of drug-likeness (QED) is 0.420. The van der Waals surface area contributed by atoms with Crippen LogP contribution < -0.4 is 26.5 Å². The van der Waals surface area contributed by atoms with Crippen LogP contribution in [0.5, 0.6) is 5.75 Å². The van der Waals surface area contributed by atoms with Crippen molar-refractivity contribution in [2.45, 2.75) is 78.3 Å². The molecule has 8 nitrogen and oxygen atoms in total. The summed E-state index contributed by atoms with van der Waals surface area (Å²) in [5.74, 6) is 0.0476. The number of carbonyl (C=O) groups is 2. The molecule has 30 heavy (non-hydrogen) atoms. The van der Waals surface area contributed by atoms with Gasteiger partial charge in [-0.3, -0.25) is 14.4 Å². The number of pyridine rings is 1. The van der Waals surface area contributed by atoms with Crippen LogP contribution in [0.1, 0.15) is 70.7 Å². The van der Waals surface area contributed by atoms with Gasteiger partial charge in [0.2, 0.25) is 17.2 Å². The number of carbonyl (C=O) groups excluding carboxylic acids is 2. The normalized spacial score (nSPS) is 12.9. The molecule has 0 aliphatic heterocycles. The predicted octanol–water partition coefficient (Wildman–Crippen LogP) is 1.90. The summed E-state index contributed by atoms with van der Waals surface area (Å²) in [6.45, 7) is 8.77. The first-order chi connectivity index (χ1) is 14.2. The largest absolute Gasteiger partial charge is 0.488 e. The fourth-order valence-corrected chi connectivity index (χ4v) is 3.05. The van der Waals surface area contributed by atoms with Crippen molar-refractivity contribution >= 4 is 11.8 Å². The molecule has 0 bridgehead atoms. The number of unbranched alkanes of at least 4 members (excludes halogenated alkanes) is 1. The summed E-state index contributed by atoms with van der Waals surface area (Å²) in [5, 5.41) is 5.86. The molecule has 170 valence electrons. The summed E-state index contributed by atoms with van der Waals surface area (Å²) in [4.78, 5) is 36.8. The van der Waals surface area contributed by atoms with Crippen LogP contribution in [-0.2, 0) is 23.2 Å². The van der Waals surface area contributed by atoms with Gasteiger partial charge in [0.1, 0.15) is 0 Å². The molecule has 1 unspecified atom stereocenters. The molecule has 0 aliphatic rings. The minimum Gasteiger partial charge on any atom is -0.488 e. The molecule has 2 amide bonds. The third-order valence-electron chi connectivity index (χ3n) is 5.45. The maximum Gasteiger partial charge on any atom is 0.224 e. The Balaban J connectivity index is 2.78. The average Bonchev–Trinajstić information content (AvgIpc) is 2.70. The van der Waals surface area contributed by atoms with Crippen LogP contribution in [0.4, 0.5) is 0 Å². The molecule has 4 N–H and O–H groups in total. The van der Waals surface area contributed by atoms with Crippen LogP contribution >= 0.6 is 0 Å². The molecular formula is C22H38N4O4. The number of nitrogens with two attached hydrogens (primary N) is 1. The van der Waals surface area contributed by atoms with Gasteiger partial charge in [-0.1, -0.05) is 20.3 Å². The van der Waals surface area contributed by atoms with Gasteiger partial charge >= 0.3 is 0 Å². The summed E-state index contributed by atoms with van der Waals surface area (Å²) in [7, 11) is 1.85. The van der Waals surface area contributed by atoms with Gasteiger partial charge in [0.15, 0.2) is 5.75 Å². The lowest BCUT2D eigenvalue weighted by Gasteiger charge is -2.29. The second-order valence-corrected chi connectivity index (χ2v) is 7.96. The molecule has 0 radical (unpaired) electrons. The number of aryl methyl sites for hydroxylation is 1. The summed E-state index contributed by atoms with van der Waals surface area (Å²) < 4.78 is 7.60. The van der Waals surface area contributed by atoms with Crippen LogP contribution in [-0.4, -0.2) is 35.1 Å². The van der Waals surface area contributed by atoms with E-state index in [0.29, 0.717) is 37.4 Å². The van der Waals surface area contributed by atoms with E-state index in [0.717, 1.165) is 18.5 Å². The summed E-state index contributed by atoms with van der Waals surface area (Å²) >= 11 is 0. The van der Waals surface area contributed by atoms with Crippen LogP contribution in [0.15, 0.2) is 10.9 Å². The van der Waals surface area contributed by atoms with Crippen LogP contribution in [0.2, 0.25) is 0 Å². The standard InChI is InChI=1S/C22H38N4O4/c1-6-8-13-30-21-17(26(5)16(3)14-18(21)27)15-24-19(28)9-11-22(4,7-2)25-20(29)10-12-23/h14H,6-13,15,23H2,1-5H3,(H,24,28)(H,25,29). The fourth-order valence-electron chi connectivity index (χ4n) is 3.05. The van der Waals surface area contributed by atoms with Gasteiger partial charge in [-0.05, 0) is 33.1 Å². The second kappa shape index (κ2) is 12.4. The Morgan fingerprint density at radius 3 is 2.53 bits per heavy atom. The number of hydrogen-bond acceptors (Lipinski definition) is 5. The van der Waals surface area contributed by atoms with Crippen molar-refractivity contribution in [3.8, 4) is 5.75 Å². The van der Waals surface area contributed by atoms with Crippen molar-refractivity contribution in [1.82, 2.24) is 15.2 Å². The van der Waals surface area contributed by atoms with Gasteiger partial charge in [-0.25, -0.2) is 0 Å². The fraction of sp³-hybridized carbons (Fsp3) is 0.682. The Hall–Kier alpha value is -2.35. The Morgan fingerprint density at radius 2 is 1.93 bits per heavy atom. The van der Waals surface area contributed by atoms with Crippen molar-refractivity contribution in [3.63, 3.8) is 0 Å². The molecule has 0 spiro atoms. The number of ether oxygens (including phenoxy) is 1. The maximum atomic E-state index is 12.5. The van der Waals surface area contributed by atoms with Crippen molar-refractivity contribution in [1.29, 1.82) is 0 Å². The molecule has 1 heterocycles. The Bertz CT molecular complexity index is 775. The number of nitrogens with zero attached hydrogens (tertiary/aromatic N) is 1. The molecule has 0 saturated heterocycles. The van der Waals surface area contributed by atoms with E-state index in [1.165, 1.54) is 0 Å². The Labute approximate surface area is 179 Å². The van der Waals surface area contributed by atoms with Gasteiger partial charge in [0.05, 0.1) is 18.8 Å². The lowest BCUT2D eigenvalue weighted by Crippen LogP contribution is -2.46.